The number of anilines is 1. The molecule has 1 aliphatic rings. The minimum atomic E-state index is -0.324. The maximum absolute atomic E-state index is 13.3. The number of aromatic nitrogens is 5. The number of fused-ring (bicyclic) bond motifs is 1. The van der Waals surface area contributed by atoms with Crippen LogP contribution in [0.15, 0.2) is 47.3 Å². The van der Waals surface area contributed by atoms with Crippen LogP contribution in [0.4, 0.5) is 5.95 Å². The van der Waals surface area contributed by atoms with Gasteiger partial charge in [-0.05, 0) is 24.5 Å². The van der Waals surface area contributed by atoms with Gasteiger partial charge in [-0.15, -0.1) is 9.38 Å². The number of benzene rings is 1. The normalized spacial score (nSPS) is 15.9. The number of nitrogen functional groups attached to an aromatic ring is 1. The molecule has 4 N–H and O–H groups in total. The monoisotopic (exact) mass is 449 g/mol. The summed E-state index contributed by atoms with van der Waals surface area (Å²) < 4.78 is 13.9. The summed E-state index contributed by atoms with van der Waals surface area (Å²) >= 11 is 0. The van der Waals surface area contributed by atoms with Crippen LogP contribution < -0.4 is 20.6 Å². The van der Waals surface area contributed by atoms with Gasteiger partial charge in [-0.25, -0.2) is 14.9 Å². The second kappa shape index (κ2) is 8.64. The lowest BCUT2D eigenvalue weighted by molar-refractivity contribution is -0.516. The lowest BCUT2D eigenvalue weighted by Gasteiger charge is -2.11. The highest BCUT2D eigenvalue weighted by Crippen LogP contribution is 2.34. The minimum Gasteiger partial charge on any atom is -0.481 e. The van der Waals surface area contributed by atoms with Crippen LogP contribution in [0, 0.1) is 0 Å². The molecule has 1 saturated heterocycles. The van der Waals surface area contributed by atoms with Gasteiger partial charge in [-0.1, -0.05) is 30.3 Å². The highest BCUT2D eigenvalue weighted by atomic mass is 16.5. The van der Waals surface area contributed by atoms with Crippen molar-refractivity contribution in [1.82, 2.24) is 19.7 Å². The maximum atomic E-state index is 13.3. The van der Waals surface area contributed by atoms with Crippen molar-refractivity contribution in [3.05, 3.63) is 58.6 Å². The summed E-state index contributed by atoms with van der Waals surface area (Å²) in [6, 6.07) is 13.1. The molecule has 10 heteroatoms. The molecule has 33 heavy (non-hydrogen) atoms. The Hall–Kier alpha value is -3.76. The number of hydrogen-bond donors (Lipinski definition) is 3. The van der Waals surface area contributed by atoms with Crippen LogP contribution in [0.25, 0.3) is 28.0 Å². The SMILES string of the molecule is COc1cc(-c2c(-c3ccccc3)nc(N)[n+]3c(=O)n(C[C@H]4CCCO4)[nH]c23)cc(CO)n1. The van der Waals surface area contributed by atoms with Gasteiger partial charge < -0.3 is 20.3 Å². The third-order valence-corrected chi connectivity index (χ3v) is 5.79. The molecule has 0 spiro atoms. The number of nitrogens with one attached hydrogen (secondary N) is 1. The van der Waals surface area contributed by atoms with E-state index in [9.17, 15) is 9.90 Å². The molecular weight excluding hydrogens is 424 g/mol. The Kier molecular flexibility index (Phi) is 5.53. The maximum Gasteiger partial charge on any atom is 0.428 e. The third-order valence-electron chi connectivity index (χ3n) is 5.79. The van der Waals surface area contributed by atoms with Crippen molar-refractivity contribution in [2.24, 2.45) is 0 Å². The van der Waals surface area contributed by atoms with E-state index in [1.165, 1.54) is 16.2 Å². The molecule has 1 aliphatic heterocycles. The van der Waals surface area contributed by atoms with Gasteiger partial charge in [0, 0.05) is 18.2 Å². The van der Waals surface area contributed by atoms with Gasteiger partial charge in [0.05, 0.1) is 31.1 Å². The summed E-state index contributed by atoms with van der Waals surface area (Å²) in [7, 11) is 1.51. The average Bonchev–Trinajstić information content (AvgIpc) is 3.47. The van der Waals surface area contributed by atoms with Crippen molar-refractivity contribution in [3.8, 4) is 28.3 Å². The zero-order valence-electron chi connectivity index (χ0n) is 18.2. The Morgan fingerprint density at radius 3 is 2.79 bits per heavy atom. The Morgan fingerprint density at radius 2 is 2.09 bits per heavy atom. The number of aliphatic hydroxyl groups excluding tert-OH is 1. The van der Waals surface area contributed by atoms with Crippen LogP contribution in [-0.2, 0) is 17.9 Å². The molecule has 0 radical (unpaired) electrons. The number of nitrogens with two attached hydrogens (primary N) is 1. The average molecular weight is 449 g/mol. The summed E-state index contributed by atoms with van der Waals surface area (Å²) in [6.45, 7) is 0.822. The molecule has 0 unspecified atom stereocenters. The number of hydrogen-bond acceptors (Lipinski definition) is 7. The highest BCUT2D eigenvalue weighted by molar-refractivity contribution is 5.88. The first-order valence-electron chi connectivity index (χ1n) is 10.8. The fraction of sp³-hybridized carbons (Fsp3) is 0.304. The van der Waals surface area contributed by atoms with Crippen molar-refractivity contribution < 1.29 is 19.0 Å². The molecule has 1 atom stereocenters. The predicted octanol–water partition coefficient (Wildman–Crippen LogP) is 1.30. The molecule has 4 heterocycles. The van der Waals surface area contributed by atoms with Gasteiger partial charge in [0.25, 0.3) is 0 Å². The third kappa shape index (κ3) is 3.83. The summed E-state index contributed by atoms with van der Waals surface area (Å²) in [5.41, 5.74) is 9.63. The van der Waals surface area contributed by atoms with Crippen molar-refractivity contribution in [2.75, 3.05) is 19.5 Å². The number of rotatable bonds is 6. The van der Waals surface area contributed by atoms with Crippen molar-refractivity contribution in [1.29, 1.82) is 0 Å². The fourth-order valence-corrected chi connectivity index (χ4v) is 4.24. The van der Waals surface area contributed by atoms with Gasteiger partial charge in [0.2, 0.25) is 11.5 Å². The Bertz CT molecular complexity index is 1340. The van der Waals surface area contributed by atoms with Gasteiger partial charge in [-0.3, -0.25) is 0 Å². The first-order valence-corrected chi connectivity index (χ1v) is 10.8. The fourth-order valence-electron chi connectivity index (χ4n) is 4.24. The number of pyridine rings is 1. The summed E-state index contributed by atoms with van der Waals surface area (Å²) in [4.78, 5) is 22.1. The lowest BCUT2D eigenvalue weighted by atomic mass is 10.00. The number of methoxy groups -OCH3 is 1. The Labute approximate surface area is 189 Å². The molecule has 5 rings (SSSR count). The van der Waals surface area contributed by atoms with E-state index in [0.29, 0.717) is 47.2 Å². The Balaban J connectivity index is 1.81. The summed E-state index contributed by atoms with van der Waals surface area (Å²) in [6.07, 6.45) is 1.83. The van der Waals surface area contributed by atoms with E-state index >= 15 is 0 Å². The quantitative estimate of drug-likeness (QED) is 0.378. The van der Waals surface area contributed by atoms with Gasteiger partial charge in [0.15, 0.2) is 0 Å². The molecule has 0 aliphatic carbocycles. The second-order valence-corrected chi connectivity index (χ2v) is 7.93. The van der Waals surface area contributed by atoms with E-state index in [-0.39, 0.29) is 24.3 Å². The van der Waals surface area contributed by atoms with Gasteiger partial charge >= 0.3 is 11.6 Å². The molecule has 1 fully saturated rings. The van der Waals surface area contributed by atoms with Gasteiger partial charge in [0.1, 0.15) is 12.2 Å². The van der Waals surface area contributed by atoms with E-state index in [4.69, 9.17) is 15.2 Å². The number of aromatic amines is 1. The van der Waals surface area contributed by atoms with Crippen LogP contribution in [0.1, 0.15) is 18.5 Å². The summed E-state index contributed by atoms with van der Waals surface area (Å²) in [5.74, 6) is 0.412. The van der Waals surface area contributed by atoms with E-state index in [1.54, 1.807) is 12.1 Å². The molecule has 4 aromatic rings. The number of nitrogens with zero attached hydrogens (tertiary/aromatic N) is 4. The van der Waals surface area contributed by atoms with Crippen LogP contribution in [0.2, 0.25) is 0 Å². The standard InChI is InChI=1S/C23H24N6O4/c1-32-18-11-15(10-16(13-30)25-18)19-20(14-6-3-2-4-7-14)26-22(24)29-21(19)27-28(23(29)31)12-17-8-5-9-33-17/h2-4,6-7,10-11,17,30H,5,8-9,12-13H2,1H3,(H2,24,25,26,27)/p+1/t17-/m1/s1. The predicted molar refractivity (Wildman–Crippen MR) is 121 cm³/mol. The molecule has 1 aromatic carbocycles. The van der Waals surface area contributed by atoms with Crippen LogP contribution in [0.3, 0.4) is 0 Å². The van der Waals surface area contributed by atoms with Crippen molar-refractivity contribution in [2.45, 2.75) is 32.1 Å². The number of ether oxygens (including phenoxy) is 2. The zero-order chi connectivity index (χ0) is 22.9. The number of H-pyrrole nitrogens is 1. The van der Waals surface area contributed by atoms with Crippen molar-refractivity contribution in [3.63, 3.8) is 0 Å². The topological polar surface area (TPSA) is 132 Å². The van der Waals surface area contributed by atoms with Crippen LogP contribution in [-0.4, -0.2) is 44.7 Å². The Morgan fingerprint density at radius 1 is 1.27 bits per heavy atom. The van der Waals surface area contributed by atoms with E-state index in [1.807, 2.05) is 30.3 Å². The smallest absolute Gasteiger partial charge is 0.428 e. The lowest BCUT2D eigenvalue weighted by Crippen LogP contribution is -2.45. The molecule has 10 nitrogen and oxygen atoms in total. The van der Waals surface area contributed by atoms with Crippen molar-refractivity contribution >= 4 is 11.6 Å². The highest BCUT2D eigenvalue weighted by Gasteiger charge is 2.28. The first kappa shape index (κ1) is 21.1. The number of aliphatic hydroxyl groups is 1. The molecule has 0 bridgehead atoms. The minimum absolute atomic E-state index is 0.0374. The van der Waals surface area contributed by atoms with E-state index in [2.05, 4.69) is 15.1 Å². The van der Waals surface area contributed by atoms with E-state index < -0.39 is 0 Å². The molecule has 0 saturated carbocycles. The molecule has 3 aromatic heterocycles. The first-order chi connectivity index (χ1) is 16.1. The molecule has 170 valence electrons. The second-order valence-electron chi connectivity index (χ2n) is 7.93. The van der Waals surface area contributed by atoms with Gasteiger partial charge in [-0.2, -0.15) is 4.68 Å². The molecular formula is C23H25N6O4+. The van der Waals surface area contributed by atoms with Crippen LogP contribution in [0.5, 0.6) is 5.88 Å². The zero-order valence-corrected chi connectivity index (χ0v) is 18.2. The van der Waals surface area contributed by atoms with Crippen LogP contribution >= 0.6 is 0 Å². The molecule has 0 amide bonds. The van der Waals surface area contributed by atoms with E-state index in [0.717, 1.165) is 18.4 Å². The summed E-state index contributed by atoms with van der Waals surface area (Å²) in [5, 5.41) is 13.0. The largest absolute Gasteiger partial charge is 0.481 e.